The minimum atomic E-state index is -1.79. The van der Waals surface area contributed by atoms with E-state index in [1.165, 1.54) is 21.3 Å². The second-order valence-corrected chi connectivity index (χ2v) is 8.83. The Morgan fingerprint density at radius 1 is 0.886 bits per heavy atom. The summed E-state index contributed by atoms with van der Waals surface area (Å²) in [6, 6.07) is 18.8. The van der Waals surface area contributed by atoms with Crippen molar-refractivity contribution < 1.29 is 33.3 Å². The minimum absolute atomic E-state index is 0.0755. The zero-order valence-corrected chi connectivity index (χ0v) is 20.2. The number of rotatable bonds is 6. The van der Waals surface area contributed by atoms with Crippen molar-refractivity contribution in [2.75, 3.05) is 21.3 Å². The van der Waals surface area contributed by atoms with Gasteiger partial charge in [-0.3, -0.25) is 14.4 Å². The van der Waals surface area contributed by atoms with Gasteiger partial charge in [-0.15, -0.1) is 0 Å². The van der Waals surface area contributed by atoms with Crippen LogP contribution in [0.5, 0.6) is 0 Å². The lowest BCUT2D eigenvalue weighted by Crippen LogP contribution is -2.57. The quantitative estimate of drug-likeness (QED) is 0.351. The fourth-order valence-electron chi connectivity index (χ4n) is 5.48. The Kier molecular flexibility index (Phi) is 6.52. The highest BCUT2D eigenvalue weighted by Gasteiger charge is 2.67. The summed E-state index contributed by atoms with van der Waals surface area (Å²) in [7, 11) is 3.77. The molecule has 0 spiro atoms. The molecule has 0 radical (unpaired) electrons. The molecule has 35 heavy (non-hydrogen) atoms. The lowest BCUT2D eigenvalue weighted by atomic mass is 9.55. The van der Waals surface area contributed by atoms with Gasteiger partial charge in [0.05, 0.1) is 33.7 Å². The van der Waals surface area contributed by atoms with Gasteiger partial charge < -0.3 is 18.9 Å². The highest BCUT2D eigenvalue weighted by Crippen LogP contribution is 2.61. The average Bonchev–Trinajstić information content (AvgIpc) is 3.26. The molecule has 0 bridgehead atoms. The van der Waals surface area contributed by atoms with E-state index in [4.69, 9.17) is 18.9 Å². The van der Waals surface area contributed by atoms with Crippen molar-refractivity contribution >= 4 is 23.7 Å². The van der Waals surface area contributed by atoms with Crippen LogP contribution < -0.4 is 0 Å². The van der Waals surface area contributed by atoms with E-state index in [1.807, 2.05) is 73.7 Å². The molecule has 0 fully saturated rings. The topological polar surface area (TPSA) is 88.1 Å². The Hall–Kier alpha value is -3.87. The molecule has 0 saturated heterocycles. The van der Waals surface area contributed by atoms with Gasteiger partial charge in [0, 0.05) is 5.56 Å². The first-order valence-electron chi connectivity index (χ1n) is 11.3. The fraction of sp³-hybridized carbons (Fsp3) is 0.321. The number of carbonyl (C=O) groups is 3. The van der Waals surface area contributed by atoms with Gasteiger partial charge >= 0.3 is 17.9 Å². The van der Waals surface area contributed by atoms with Crippen LogP contribution in [0.2, 0.25) is 0 Å². The van der Waals surface area contributed by atoms with Crippen LogP contribution in [-0.2, 0) is 33.3 Å². The lowest BCUT2D eigenvalue weighted by molar-refractivity contribution is -0.177. The number of fused-ring (bicyclic) bond motifs is 1. The molecule has 1 aliphatic carbocycles. The van der Waals surface area contributed by atoms with Crippen molar-refractivity contribution in [3.05, 3.63) is 89.0 Å². The van der Waals surface area contributed by atoms with Gasteiger partial charge in [0.1, 0.15) is 11.4 Å². The Bertz CT molecular complexity index is 1180. The van der Waals surface area contributed by atoms with Gasteiger partial charge in [-0.05, 0) is 30.6 Å². The summed E-state index contributed by atoms with van der Waals surface area (Å²) in [5.41, 5.74) is -0.125. The number of carbonyl (C=O) groups excluding carboxylic acids is 3. The maximum absolute atomic E-state index is 13.5. The number of benzene rings is 2. The van der Waals surface area contributed by atoms with E-state index in [-0.39, 0.29) is 12.8 Å². The van der Waals surface area contributed by atoms with Crippen LogP contribution >= 0.6 is 0 Å². The van der Waals surface area contributed by atoms with Gasteiger partial charge in [-0.2, -0.15) is 0 Å². The molecular formula is C28H28O7. The molecule has 0 amide bonds. The zero-order chi connectivity index (χ0) is 25.2. The molecule has 1 heterocycles. The van der Waals surface area contributed by atoms with Gasteiger partial charge in [0.15, 0.2) is 5.41 Å². The molecule has 2 aromatic carbocycles. The van der Waals surface area contributed by atoms with Gasteiger partial charge in [-0.25, -0.2) is 0 Å². The van der Waals surface area contributed by atoms with E-state index in [1.54, 1.807) is 0 Å². The molecule has 0 N–H and O–H groups in total. The van der Waals surface area contributed by atoms with Gasteiger partial charge in [0.2, 0.25) is 0 Å². The van der Waals surface area contributed by atoms with Crippen molar-refractivity contribution in [1.82, 2.24) is 0 Å². The summed E-state index contributed by atoms with van der Waals surface area (Å²) in [4.78, 5) is 39.5. The summed E-state index contributed by atoms with van der Waals surface area (Å²) < 4.78 is 22.0. The Morgan fingerprint density at radius 3 is 2.00 bits per heavy atom. The minimum Gasteiger partial charge on any atom is -0.482 e. The molecule has 7 heteroatoms. The van der Waals surface area contributed by atoms with Crippen molar-refractivity contribution in [1.29, 1.82) is 0 Å². The summed E-state index contributed by atoms with van der Waals surface area (Å²) in [5, 5.41) is 0. The standard InChI is InChI=1S/C28H28O7/c1-27-21(16-22(35-27)18-11-7-5-8-12-18)20(15-23(29)32-2)17-28(25(30)33-3,26(31)34-4)24(27)19-13-9-6-10-14-19/h5-14,16,24H,15,17H2,1-4H3/t24-,27-/m0/s1. The van der Waals surface area contributed by atoms with Crippen molar-refractivity contribution in [2.24, 2.45) is 5.41 Å². The Labute approximate surface area is 204 Å². The predicted octanol–water partition coefficient (Wildman–Crippen LogP) is 4.20. The molecular weight excluding hydrogens is 448 g/mol. The fourth-order valence-corrected chi connectivity index (χ4v) is 5.48. The largest absolute Gasteiger partial charge is 0.482 e. The van der Waals surface area contributed by atoms with Crippen LogP contribution in [0.15, 0.2) is 77.9 Å². The summed E-state index contributed by atoms with van der Waals surface area (Å²) >= 11 is 0. The first-order valence-corrected chi connectivity index (χ1v) is 11.3. The number of methoxy groups -OCH3 is 3. The monoisotopic (exact) mass is 476 g/mol. The molecule has 0 unspecified atom stereocenters. The normalized spacial score (nSPS) is 22.4. The van der Waals surface area contributed by atoms with Crippen molar-refractivity contribution in [3.63, 3.8) is 0 Å². The van der Waals surface area contributed by atoms with Crippen LogP contribution in [0, 0.1) is 5.41 Å². The molecule has 7 nitrogen and oxygen atoms in total. The van der Waals surface area contributed by atoms with Gasteiger partial charge in [0.25, 0.3) is 0 Å². The van der Waals surface area contributed by atoms with E-state index >= 15 is 0 Å². The van der Waals surface area contributed by atoms with Gasteiger partial charge in [-0.1, -0.05) is 66.2 Å². The average molecular weight is 477 g/mol. The second-order valence-electron chi connectivity index (χ2n) is 8.83. The number of hydrogen-bond acceptors (Lipinski definition) is 7. The van der Waals surface area contributed by atoms with Crippen LogP contribution in [0.1, 0.15) is 36.8 Å². The third-order valence-corrected chi connectivity index (χ3v) is 6.92. The Morgan fingerprint density at radius 2 is 1.46 bits per heavy atom. The summed E-state index contributed by atoms with van der Waals surface area (Å²) in [6.45, 7) is 1.84. The molecule has 1 aliphatic heterocycles. The maximum atomic E-state index is 13.5. The maximum Gasteiger partial charge on any atom is 0.324 e. The van der Waals surface area contributed by atoms with E-state index in [2.05, 4.69) is 0 Å². The molecule has 4 rings (SSSR count). The van der Waals surface area contributed by atoms with Crippen LogP contribution in [-0.4, -0.2) is 44.8 Å². The zero-order valence-electron chi connectivity index (χ0n) is 20.2. The van der Waals surface area contributed by atoms with Crippen molar-refractivity contribution in [3.8, 4) is 0 Å². The summed E-state index contributed by atoms with van der Waals surface area (Å²) in [6.07, 6.45) is 1.70. The van der Waals surface area contributed by atoms with Crippen LogP contribution in [0.25, 0.3) is 5.76 Å². The van der Waals surface area contributed by atoms with E-state index in [0.29, 0.717) is 16.9 Å². The molecule has 2 aliphatic rings. The molecule has 182 valence electrons. The number of hydrogen-bond donors (Lipinski definition) is 0. The third kappa shape index (κ3) is 3.91. The smallest absolute Gasteiger partial charge is 0.324 e. The van der Waals surface area contributed by atoms with Crippen LogP contribution in [0.4, 0.5) is 0 Å². The highest BCUT2D eigenvalue weighted by atomic mass is 16.5. The molecule has 2 aromatic rings. The second kappa shape index (κ2) is 9.41. The third-order valence-electron chi connectivity index (χ3n) is 6.92. The van der Waals surface area contributed by atoms with E-state index in [9.17, 15) is 14.4 Å². The first-order chi connectivity index (χ1) is 16.8. The highest BCUT2D eigenvalue weighted by molar-refractivity contribution is 6.03. The summed E-state index contributed by atoms with van der Waals surface area (Å²) in [5.74, 6) is -2.21. The first kappa shape index (κ1) is 24.3. The number of esters is 3. The SMILES string of the molecule is COC(=O)CC1=C2C=C(c3ccccc3)O[C@]2(C)[C@H](c2ccccc2)C(C(=O)OC)(C(=O)OC)C1. The number of ether oxygens (including phenoxy) is 4. The van der Waals surface area contributed by atoms with E-state index < -0.39 is 34.8 Å². The molecule has 2 atom stereocenters. The lowest BCUT2D eigenvalue weighted by Gasteiger charge is -2.49. The van der Waals surface area contributed by atoms with E-state index in [0.717, 1.165) is 11.1 Å². The molecule has 0 saturated carbocycles. The van der Waals surface area contributed by atoms with Crippen LogP contribution in [0.3, 0.4) is 0 Å². The van der Waals surface area contributed by atoms with Crippen molar-refractivity contribution in [2.45, 2.75) is 31.3 Å². The Balaban J connectivity index is 2.02. The molecule has 0 aromatic heterocycles. The predicted molar refractivity (Wildman–Crippen MR) is 128 cm³/mol.